The van der Waals surface area contributed by atoms with Gasteiger partial charge in [-0.2, -0.15) is 0 Å². The molecule has 0 aliphatic heterocycles. The number of urea groups is 3. The minimum atomic E-state index is -1.94. The molecule has 13 heteroatoms. The zero-order chi connectivity index (χ0) is 14.7. The lowest BCUT2D eigenvalue weighted by atomic mass is 11.2. The van der Waals surface area contributed by atoms with Gasteiger partial charge in [0.2, 0.25) is 8.37 Å². The molecule has 0 atom stereocenters. The number of nitrogens with one attached hydrogen (secondary N) is 6. The quantitative estimate of drug-likeness (QED) is 0.267. The predicted octanol–water partition coefficient (Wildman–Crippen LogP) is -1.20. The highest BCUT2D eigenvalue weighted by Gasteiger charge is 2.18. The van der Waals surface area contributed by atoms with Gasteiger partial charge in [0.1, 0.15) is 0 Å². The van der Waals surface area contributed by atoms with E-state index in [0.29, 0.717) is 0 Å². The van der Waals surface area contributed by atoms with Gasteiger partial charge in [-0.05, 0) is 0 Å². The first kappa shape index (κ1) is 17.1. The molecule has 0 heterocycles. The Kier molecular flexibility index (Phi) is 9.08. The maximum atomic E-state index is 11.2. The number of carbonyl (C=O) groups is 3. The van der Waals surface area contributed by atoms with Gasteiger partial charge in [-0.3, -0.25) is 29.8 Å². The molecule has 0 aromatic carbocycles. The van der Waals surface area contributed by atoms with Crippen LogP contribution in [0.25, 0.3) is 0 Å². The molecule has 0 spiro atoms. The first-order chi connectivity index (χ1) is 9.03. The Labute approximate surface area is 109 Å². The van der Waals surface area contributed by atoms with Crippen LogP contribution < -0.4 is 31.7 Å². The molecule has 0 aliphatic carbocycles. The smallest absolute Gasteiger partial charge is 0.281 e. The van der Waals surface area contributed by atoms with Crippen molar-refractivity contribution in [3.8, 4) is 0 Å². The van der Waals surface area contributed by atoms with E-state index in [1.807, 2.05) is 16.4 Å². The van der Waals surface area contributed by atoms with Crippen molar-refractivity contribution in [3.05, 3.63) is 0 Å². The third-order valence-corrected chi connectivity index (χ3v) is 2.50. The zero-order valence-corrected chi connectivity index (χ0v) is 11.3. The Bertz CT molecular complexity index is 269. The van der Waals surface area contributed by atoms with Crippen LogP contribution in [0.4, 0.5) is 14.4 Å². The molecule has 0 unspecified atom stereocenters. The fourth-order valence-corrected chi connectivity index (χ4v) is 1.65. The lowest BCUT2D eigenvalue weighted by Gasteiger charge is -2.19. The van der Waals surface area contributed by atoms with Crippen molar-refractivity contribution in [2.45, 2.75) is 0 Å². The van der Waals surface area contributed by atoms with Gasteiger partial charge in [-0.15, -0.1) is 0 Å². The zero-order valence-electron chi connectivity index (χ0n) is 10.4. The van der Waals surface area contributed by atoms with Gasteiger partial charge in [0.25, 0.3) is 0 Å². The summed E-state index contributed by atoms with van der Waals surface area (Å²) in [5.74, 6) is 0. The predicted molar refractivity (Wildman–Crippen MR) is 62.9 cm³/mol. The second-order valence-corrected chi connectivity index (χ2v) is 3.92. The molecule has 6 amide bonds. The molecule has 110 valence electrons. The van der Waals surface area contributed by atoms with Crippen LogP contribution >= 0.6 is 8.37 Å². The van der Waals surface area contributed by atoms with E-state index in [4.69, 9.17) is 0 Å². The topological polar surface area (TPSA) is 151 Å². The number of amides is 6. The van der Waals surface area contributed by atoms with E-state index in [1.165, 1.54) is 21.3 Å². The lowest BCUT2D eigenvalue weighted by molar-refractivity contribution is 0.108. The lowest BCUT2D eigenvalue weighted by Crippen LogP contribution is -2.45. The van der Waals surface area contributed by atoms with Gasteiger partial charge >= 0.3 is 18.1 Å². The van der Waals surface area contributed by atoms with Gasteiger partial charge in [0.15, 0.2) is 0 Å². The van der Waals surface area contributed by atoms with Crippen LogP contribution in [0, 0.1) is 0 Å². The second kappa shape index (κ2) is 10.1. The van der Waals surface area contributed by atoms with Crippen molar-refractivity contribution in [1.82, 2.24) is 31.7 Å². The molecule has 6 N–H and O–H groups in total. The van der Waals surface area contributed by atoms with E-state index in [-0.39, 0.29) is 0 Å². The Morgan fingerprint density at radius 1 is 0.684 bits per heavy atom. The summed E-state index contributed by atoms with van der Waals surface area (Å²) in [6, 6.07) is -2.32. The molecule has 0 aromatic heterocycles. The molecule has 0 fully saturated rings. The molecule has 0 aliphatic rings. The summed E-state index contributed by atoms with van der Waals surface area (Å²) in [5.41, 5.74) is 5.84. The van der Waals surface area contributed by atoms with E-state index in [0.717, 1.165) is 0 Å². The third kappa shape index (κ3) is 8.79. The third-order valence-electron chi connectivity index (χ3n) is 1.22. The molecule has 12 nitrogen and oxygen atoms in total. The Morgan fingerprint density at radius 3 is 1.16 bits per heavy atom. The summed E-state index contributed by atoms with van der Waals surface area (Å²) in [5, 5.41) is 6.69. The fourth-order valence-electron chi connectivity index (χ4n) is 0.735. The van der Waals surface area contributed by atoms with E-state index in [1.54, 1.807) is 0 Å². The number of hydrogen-bond acceptors (Lipinski definition) is 6. The monoisotopic (exact) mass is 298 g/mol. The molecule has 0 rings (SSSR count). The highest BCUT2D eigenvalue weighted by atomic mass is 31.1. The largest absolute Gasteiger partial charge is 0.344 e. The fraction of sp³-hybridized carbons (Fsp3) is 0.500. The van der Waals surface area contributed by atoms with Gasteiger partial charge in [-0.25, -0.2) is 30.8 Å². The van der Waals surface area contributed by atoms with Gasteiger partial charge < -0.3 is 0 Å². The van der Waals surface area contributed by atoms with Gasteiger partial charge in [0.05, 0.1) is 21.3 Å². The summed E-state index contributed by atoms with van der Waals surface area (Å²) in [6.45, 7) is 0. The summed E-state index contributed by atoms with van der Waals surface area (Å²) < 4.78 is 0. The Morgan fingerprint density at radius 2 is 0.947 bits per heavy atom. The van der Waals surface area contributed by atoms with E-state index >= 15 is 0 Å². The molecule has 0 saturated heterocycles. The molecule has 0 saturated carbocycles. The maximum absolute atomic E-state index is 11.2. The Balaban J connectivity index is 4.40. The highest BCUT2D eigenvalue weighted by Crippen LogP contribution is 2.17. The first-order valence-corrected chi connectivity index (χ1v) is 5.96. The summed E-state index contributed by atoms with van der Waals surface area (Å²) in [6.07, 6.45) is 0. The highest BCUT2D eigenvalue weighted by molar-refractivity contribution is 7.53. The number of rotatable bonds is 6. The molecule has 0 aromatic rings. The number of hydrogen-bond donors (Lipinski definition) is 6. The molecule has 0 radical (unpaired) electrons. The van der Waals surface area contributed by atoms with Crippen molar-refractivity contribution >= 4 is 26.5 Å². The van der Waals surface area contributed by atoms with E-state index in [2.05, 4.69) is 29.8 Å². The van der Waals surface area contributed by atoms with Crippen LogP contribution in [0.15, 0.2) is 0 Å². The summed E-state index contributed by atoms with van der Waals surface area (Å²) in [4.78, 5) is 46.6. The van der Waals surface area contributed by atoms with Crippen LogP contribution in [0.5, 0.6) is 0 Å². The maximum Gasteiger partial charge on any atom is 0.344 e. The minimum Gasteiger partial charge on any atom is -0.281 e. The second-order valence-electron chi connectivity index (χ2n) is 2.58. The average molecular weight is 298 g/mol. The van der Waals surface area contributed by atoms with Crippen LogP contribution in [0.2, 0.25) is 0 Å². The SMILES string of the molecule is CONC(=O)NP(NC(=O)NOC)NC(=O)NOC. The summed E-state index contributed by atoms with van der Waals surface area (Å²) in [7, 11) is 1.72. The molecule has 0 bridgehead atoms. The standard InChI is InChI=1S/C6H15N6O6P/c1-16-7-4(13)10-19(11-5(14)8-17-2)12-6(15)9-18-3/h1-3H3,(H2,7,10,13)(H2,8,11,14)(H2,9,12,15). The van der Waals surface area contributed by atoms with Crippen molar-refractivity contribution in [3.63, 3.8) is 0 Å². The summed E-state index contributed by atoms with van der Waals surface area (Å²) >= 11 is 0. The van der Waals surface area contributed by atoms with Crippen LogP contribution in [0.3, 0.4) is 0 Å². The number of hydroxylamine groups is 3. The normalized spacial score (nSPS) is 9.47. The van der Waals surface area contributed by atoms with Gasteiger partial charge in [0, 0.05) is 0 Å². The van der Waals surface area contributed by atoms with Crippen molar-refractivity contribution in [2.24, 2.45) is 0 Å². The molecular weight excluding hydrogens is 283 g/mol. The minimum absolute atomic E-state index is 0.774. The first-order valence-electron chi connectivity index (χ1n) is 4.62. The van der Waals surface area contributed by atoms with Crippen molar-refractivity contribution in [2.75, 3.05) is 21.3 Å². The Hall–Kier alpha value is -1.88. The molecular formula is C6H15N6O6P. The van der Waals surface area contributed by atoms with E-state index < -0.39 is 26.5 Å². The molecule has 19 heavy (non-hydrogen) atoms. The number of carbonyl (C=O) groups excluding carboxylic acids is 3. The average Bonchev–Trinajstić information content (AvgIpc) is 2.29. The van der Waals surface area contributed by atoms with Crippen LogP contribution in [-0.2, 0) is 14.5 Å². The van der Waals surface area contributed by atoms with Crippen LogP contribution in [-0.4, -0.2) is 39.4 Å². The van der Waals surface area contributed by atoms with E-state index in [9.17, 15) is 14.4 Å². The van der Waals surface area contributed by atoms with Crippen molar-refractivity contribution in [1.29, 1.82) is 0 Å². The van der Waals surface area contributed by atoms with Gasteiger partial charge in [-0.1, -0.05) is 0 Å². The van der Waals surface area contributed by atoms with Crippen LogP contribution in [0.1, 0.15) is 0 Å². The van der Waals surface area contributed by atoms with Crippen molar-refractivity contribution < 1.29 is 28.9 Å².